The third kappa shape index (κ3) is 25.6. The minimum Gasteiger partial charge on any atom is -0.368 e. The summed E-state index contributed by atoms with van der Waals surface area (Å²) < 4.78 is 5.28. The van der Waals surface area contributed by atoms with Gasteiger partial charge in [-0.1, -0.05) is 0 Å². The van der Waals surface area contributed by atoms with Crippen molar-refractivity contribution in [3.05, 3.63) is 165 Å². The van der Waals surface area contributed by atoms with E-state index >= 15 is 0 Å². The number of nitrogens with zero attached hydrogens (tertiary/aromatic N) is 27. The molecule has 0 fully saturated rings. The van der Waals surface area contributed by atoms with Crippen LogP contribution in [0.4, 0.5) is 159 Å². The van der Waals surface area contributed by atoms with Crippen molar-refractivity contribution in [1.29, 1.82) is 0 Å². The Hall–Kier alpha value is -17.8. The molecule has 0 radical (unpaired) electrons. The third-order valence-electron chi connectivity index (χ3n) is 16.0. The highest BCUT2D eigenvalue weighted by molar-refractivity contribution is 5.58. The predicted molar refractivity (Wildman–Crippen MR) is 472 cm³/mol. The zero-order valence-corrected chi connectivity index (χ0v) is 69.0. The van der Waals surface area contributed by atoms with E-state index in [-0.39, 0.29) is 0 Å². The molecule has 18 aromatic heterocycles. The standard InChI is InChI=1S/C9H14N6.4C8H12N6.3C7H10N6.C6H8N6/c1-14(2)9-13-12-8(15(9)3)11-7-5-4-6-10-7;1-13(6-4-3-5-10-6)8-12-11-7(9)14(8)2;2*1-14(2)8-11-7(12-13-8)10-6-4-3-5-9-6;1-9-7-11-8(13-12-7)14(2)6-4-3-5-10-6;1-13(5-3-2-4-9-5)7-10-6(8)11-12-7;1-13-6(8)11-12-7(13)10-5-3-2-4-9-5;1-8-6-11-7(13-12-6)10-5-3-2-4-9-5;7-5-10-6(12-11-5)9-4-2-1-3-8-4/h4-6,10H,1-3H3,(H,11,12);3-5,10H,1-2H3,(H2,9,11);2*3-5,9H,1-2H3,(H2,10,11,12,13);3-5,10H,1-2H3,(H2,9,11,12,13);2-4,9H,1H3,(H3,8,10,11,12);2-4,9H,1H3,(H2,8,11)(H,10,12);2-4,9H,1H3,(H3,8,10,11,12,13);1-3,8H,(H4,7,9,10,11,12). The van der Waals surface area contributed by atoms with Gasteiger partial charge in [-0.25, -0.2) is 30.6 Å². The van der Waals surface area contributed by atoms with E-state index in [1.165, 1.54) is 0 Å². The maximum absolute atomic E-state index is 5.58. The molecule has 0 aliphatic rings. The lowest BCUT2D eigenvalue weighted by Crippen LogP contribution is -2.15. The van der Waals surface area contributed by atoms with E-state index in [4.69, 9.17) is 22.9 Å². The van der Waals surface area contributed by atoms with Crippen molar-refractivity contribution >= 4 is 159 Å². The van der Waals surface area contributed by atoms with Crippen molar-refractivity contribution in [2.75, 3.05) is 172 Å². The first-order valence-corrected chi connectivity index (χ1v) is 36.6. The van der Waals surface area contributed by atoms with Gasteiger partial charge in [0.25, 0.3) is 11.9 Å². The Morgan fingerprint density at radius 2 is 0.631 bits per heavy atom. The number of H-pyrrole nitrogens is 15. The molecule has 642 valence electrons. The van der Waals surface area contributed by atoms with E-state index in [2.05, 4.69) is 209 Å². The average molecular weight is 1670 g/mol. The summed E-state index contributed by atoms with van der Waals surface area (Å²) in [5.41, 5.74) is 21.8. The van der Waals surface area contributed by atoms with Gasteiger partial charge in [0, 0.05) is 154 Å². The molecule has 0 amide bonds. The average Bonchev–Trinajstić information content (AvgIpc) is 1.69. The summed E-state index contributed by atoms with van der Waals surface area (Å²) in [5, 5.41) is 87.2. The Morgan fingerprint density at radius 3 is 0.975 bits per heavy atom. The van der Waals surface area contributed by atoms with Crippen LogP contribution >= 0.6 is 0 Å². The molecule has 18 heterocycles. The molecule has 0 saturated carbocycles. The highest BCUT2D eigenvalue weighted by atomic mass is 15.5. The van der Waals surface area contributed by atoms with E-state index in [0.29, 0.717) is 101 Å². The predicted octanol–water partition coefficient (Wildman–Crippen LogP) is 6.60. The van der Waals surface area contributed by atoms with Crippen LogP contribution < -0.4 is 94.9 Å². The first-order valence-electron chi connectivity index (χ1n) is 36.6. The molecule has 0 aromatic carbocycles. The van der Waals surface area contributed by atoms with Crippen LogP contribution in [0.25, 0.3) is 0 Å². The summed E-state index contributed by atoms with van der Waals surface area (Å²) in [6.07, 6.45) is 16.5. The quantitative estimate of drug-likeness (QED) is 0.0320. The van der Waals surface area contributed by atoms with E-state index in [1.54, 1.807) is 41.4 Å². The fourth-order valence-corrected chi connectivity index (χ4v) is 9.71. The molecule has 31 N–H and O–H groups in total. The van der Waals surface area contributed by atoms with Gasteiger partial charge in [0.1, 0.15) is 52.4 Å². The van der Waals surface area contributed by atoms with Gasteiger partial charge in [-0.3, -0.25) is 28.4 Å². The third-order valence-corrected chi connectivity index (χ3v) is 16.0. The van der Waals surface area contributed by atoms with Gasteiger partial charge in [0.05, 0.1) is 0 Å². The number of hydrogen-bond acceptors (Lipinski definition) is 36. The molecule has 0 aliphatic heterocycles. The topological polar surface area (TPSA) is 703 Å². The lowest BCUT2D eigenvalue weighted by molar-refractivity contribution is 0.872. The molecule has 0 bridgehead atoms. The number of aromatic nitrogens is 36. The zero-order valence-electron chi connectivity index (χ0n) is 69.0. The molecule has 0 unspecified atom stereocenters. The van der Waals surface area contributed by atoms with Crippen molar-refractivity contribution in [2.45, 2.75) is 0 Å². The van der Waals surface area contributed by atoms with Gasteiger partial charge in [0.2, 0.25) is 95.2 Å². The number of nitrogens with two attached hydrogens (primary N) is 4. The number of hydrogen-bond donors (Lipinski definition) is 27. The summed E-state index contributed by atoms with van der Waals surface area (Å²) in [5.74, 6) is 18.2. The van der Waals surface area contributed by atoms with Crippen molar-refractivity contribution in [1.82, 2.24) is 180 Å². The Morgan fingerprint density at radius 1 is 0.287 bits per heavy atom. The molecule has 54 heteroatoms. The van der Waals surface area contributed by atoms with Crippen molar-refractivity contribution in [2.24, 2.45) is 21.1 Å². The first kappa shape index (κ1) is 86.6. The number of aromatic amines is 15. The second kappa shape index (κ2) is 43.1. The van der Waals surface area contributed by atoms with E-state index < -0.39 is 0 Å². The molecular weight excluding hydrogens is 1570 g/mol. The largest absolute Gasteiger partial charge is 0.368 e. The number of nitrogen functional groups attached to an aromatic ring is 4. The van der Waals surface area contributed by atoms with Crippen LogP contribution in [0.15, 0.2) is 165 Å². The Kier molecular flexibility index (Phi) is 30.6. The summed E-state index contributed by atoms with van der Waals surface area (Å²) in [7, 11) is 26.2. The number of nitrogens with one attached hydrogen (secondary N) is 23. The van der Waals surface area contributed by atoms with Crippen LogP contribution in [0, 0.1) is 0 Å². The fourth-order valence-electron chi connectivity index (χ4n) is 9.71. The van der Waals surface area contributed by atoms with Crippen LogP contribution in [-0.4, -0.2) is 258 Å². The van der Waals surface area contributed by atoms with Gasteiger partial charge >= 0.3 is 0 Å². The lowest BCUT2D eigenvalue weighted by Gasteiger charge is -2.15. The number of rotatable bonds is 23. The summed E-state index contributed by atoms with van der Waals surface area (Å²) >= 11 is 0. The summed E-state index contributed by atoms with van der Waals surface area (Å²) in [4.78, 5) is 62.9. The Balaban J connectivity index is 0.000000144. The maximum atomic E-state index is 5.58. The van der Waals surface area contributed by atoms with Crippen LogP contribution in [0.1, 0.15) is 0 Å². The van der Waals surface area contributed by atoms with Gasteiger partial charge < -0.3 is 125 Å². The second-order valence-corrected chi connectivity index (χ2v) is 25.5. The molecule has 0 atom stereocenters. The van der Waals surface area contributed by atoms with Crippen molar-refractivity contribution < 1.29 is 0 Å². The molecule has 18 aromatic rings. The monoisotopic (exact) mass is 1670 g/mol. The molecule has 54 nitrogen and oxygen atoms in total. The smallest absolute Gasteiger partial charge is 0.251 e. The summed E-state index contributed by atoms with van der Waals surface area (Å²) in [6.45, 7) is 0. The highest BCUT2D eigenvalue weighted by Crippen LogP contribution is 2.24. The molecule has 0 saturated heterocycles. The van der Waals surface area contributed by atoms with Gasteiger partial charge in [-0.05, 0) is 109 Å². The first-order chi connectivity index (χ1) is 59.0. The van der Waals surface area contributed by atoms with Crippen LogP contribution in [0.2, 0.25) is 0 Å². The highest BCUT2D eigenvalue weighted by Gasteiger charge is 2.16. The Bertz CT molecular complexity index is 5630. The van der Waals surface area contributed by atoms with Gasteiger partial charge in [-0.2, -0.15) is 29.9 Å². The normalized spacial score (nSPS) is 10.2. The zero-order chi connectivity index (χ0) is 86.9. The van der Waals surface area contributed by atoms with Crippen LogP contribution in [-0.2, 0) is 21.1 Å². The Labute approximate surface area is 695 Å². The molecule has 0 spiro atoms. The van der Waals surface area contributed by atoms with Crippen LogP contribution in [0.3, 0.4) is 0 Å². The van der Waals surface area contributed by atoms with Crippen molar-refractivity contribution in [3.8, 4) is 0 Å². The van der Waals surface area contributed by atoms with E-state index in [0.717, 1.165) is 58.3 Å². The minimum atomic E-state index is 0.295. The van der Waals surface area contributed by atoms with Gasteiger partial charge in [0.15, 0.2) is 0 Å². The second-order valence-electron chi connectivity index (χ2n) is 25.5. The molecular formula is C68H100N54. The minimum absolute atomic E-state index is 0.295. The van der Waals surface area contributed by atoms with Crippen molar-refractivity contribution in [3.63, 3.8) is 0 Å². The maximum Gasteiger partial charge on any atom is 0.251 e. The van der Waals surface area contributed by atoms with Crippen LogP contribution in [0.5, 0.6) is 0 Å². The molecule has 18 rings (SSSR count). The lowest BCUT2D eigenvalue weighted by atomic mass is 10.5. The van der Waals surface area contributed by atoms with E-state index in [9.17, 15) is 0 Å². The molecule has 122 heavy (non-hydrogen) atoms. The summed E-state index contributed by atoms with van der Waals surface area (Å²) in [6, 6.07) is 34.4. The SMILES string of the molecule is CN(C)c1n[nH]c(Nc2ccc[nH]2)n1.CN(C)c1n[nH]c(Nc2ccc[nH]2)n1.CN(C)c1nnc(Nc2ccc[nH]2)n1C.CN(c1ccc[nH]1)c1nnc(N)n1C.CN(c1n[nH]c(N)n1)c1ccc[nH]1.CNc1n[nH]c(Nc2ccc[nH]2)n1.CNc1nc(N(C)c2ccc[nH]2)n[nH]1.Cn1c(N)nnc1Nc1ccc[nH]1.Nc1nc(Nc2ccc[nH]2)n[nH]1. The molecule has 0 aliphatic carbocycles. The fraction of sp³-hybridized carbons (Fsp3) is 0.206. The van der Waals surface area contributed by atoms with Gasteiger partial charge in [-0.15, -0.1) is 61.2 Å². The number of anilines is 27. The van der Waals surface area contributed by atoms with E-state index in [1.807, 2.05) is 265 Å².